The zero-order valence-electron chi connectivity index (χ0n) is 13.0. The summed E-state index contributed by atoms with van der Waals surface area (Å²) in [6.45, 7) is -0.261. The first-order valence-corrected chi connectivity index (χ1v) is 8.48. The molecule has 0 unspecified atom stereocenters. The summed E-state index contributed by atoms with van der Waals surface area (Å²) in [6, 6.07) is 2.20. The Hall–Kier alpha value is -1.57. The summed E-state index contributed by atoms with van der Waals surface area (Å²) < 4.78 is 5.11. The molecule has 3 rings (SSSR count). The van der Waals surface area contributed by atoms with Crippen LogP contribution in [-0.2, 0) is 14.3 Å². The number of carbonyl (C=O) groups excluding carboxylic acids is 2. The van der Waals surface area contributed by atoms with Gasteiger partial charge >= 0.3 is 5.97 Å². The van der Waals surface area contributed by atoms with Crippen molar-refractivity contribution in [3.8, 4) is 6.07 Å². The van der Waals surface area contributed by atoms with Crippen LogP contribution in [0.4, 0.5) is 0 Å². The molecule has 0 spiro atoms. The molecule has 0 saturated heterocycles. The molecule has 3 atom stereocenters. The molecule has 2 bridgehead atoms. The second-order valence-corrected chi connectivity index (χ2v) is 7.25. The molecule has 120 valence electrons. The van der Waals surface area contributed by atoms with E-state index in [0.29, 0.717) is 31.1 Å². The Morgan fingerprint density at radius 1 is 1.23 bits per heavy atom. The Morgan fingerprint density at radius 3 is 2.59 bits per heavy atom. The number of ether oxygens (including phenoxy) is 1. The SMILES string of the molecule is N#CC1(NC(=O)COC(=O)C[C@@H]2C[C@H]3CC[C@@H]2C3)CCCC1. The Bertz CT molecular complexity index is 491. The van der Waals surface area contributed by atoms with Crippen LogP contribution in [0, 0.1) is 29.1 Å². The zero-order chi connectivity index (χ0) is 15.6. The number of nitrogens with zero attached hydrogens (tertiary/aromatic N) is 1. The molecular formula is C17H24N2O3. The Labute approximate surface area is 131 Å². The van der Waals surface area contributed by atoms with Crippen LogP contribution in [0.5, 0.6) is 0 Å². The lowest BCUT2D eigenvalue weighted by molar-refractivity contribution is -0.150. The van der Waals surface area contributed by atoms with Gasteiger partial charge in [0.05, 0.1) is 6.07 Å². The third-order valence-electron chi connectivity index (χ3n) is 5.73. The van der Waals surface area contributed by atoms with Crippen LogP contribution in [0.3, 0.4) is 0 Å². The van der Waals surface area contributed by atoms with E-state index in [0.717, 1.165) is 25.2 Å². The van der Waals surface area contributed by atoms with Crippen molar-refractivity contribution in [3.05, 3.63) is 0 Å². The molecule has 5 nitrogen and oxygen atoms in total. The van der Waals surface area contributed by atoms with E-state index in [9.17, 15) is 14.9 Å². The van der Waals surface area contributed by atoms with Gasteiger partial charge in [-0.2, -0.15) is 5.26 Å². The van der Waals surface area contributed by atoms with Crippen molar-refractivity contribution in [2.75, 3.05) is 6.61 Å². The normalized spacial score (nSPS) is 31.7. The second-order valence-electron chi connectivity index (χ2n) is 7.25. The molecule has 3 saturated carbocycles. The lowest BCUT2D eigenvalue weighted by Gasteiger charge is -2.22. The van der Waals surface area contributed by atoms with Gasteiger partial charge in [-0.25, -0.2) is 0 Å². The lowest BCUT2D eigenvalue weighted by atomic mass is 9.86. The van der Waals surface area contributed by atoms with Gasteiger partial charge in [0.15, 0.2) is 6.61 Å². The van der Waals surface area contributed by atoms with Gasteiger partial charge in [0.25, 0.3) is 5.91 Å². The maximum atomic E-state index is 11.9. The number of amides is 1. The molecular weight excluding hydrogens is 280 g/mol. The summed E-state index contributed by atoms with van der Waals surface area (Å²) in [4.78, 5) is 23.8. The number of nitriles is 1. The van der Waals surface area contributed by atoms with Crippen LogP contribution in [-0.4, -0.2) is 24.0 Å². The molecule has 3 aliphatic rings. The highest BCUT2D eigenvalue weighted by Gasteiger charge is 2.40. The second kappa shape index (κ2) is 6.28. The molecule has 0 radical (unpaired) electrons. The van der Waals surface area contributed by atoms with Crippen molar-refractivity contribution in [1.82, 2.24) is 5.32 Å². The minimum absolute atomic E-state index is 0.261. The van der Waals surface area contributed by atoms with Crippen molar-refractivity contribution < 1.29 is 14.3 Å². The number of carbonyl (C=O) groups is 2. The van der Waals surface area contributed by atoms with Crippen LogP contribution in [0.25, 0.3) is 0 Å². The highest BCUT2D eigenvalue weighted by Crippen LogP contribution is 2.49. The van der Waals surface area contributed by atoms with Crippen molar-refractivity contribution in [2.45, 2.75) is 63.3 Å². The van der Waals surface area contributed by atoms with Gasteiger partial charge in [0, 0.05) is 6.42 Å². The number of fused-ring (bicyclic) bond motifs is 2. The minimum atomic E-state index is -0.742. The molecule has 1 N–H and O–H groups in total. The quantitative estimate of drug-likeness (QED) is 0.790. The topological polar surface area (TPSA) is 79.2 Å². The fourth-order valence-electron chi connectivity index (χ4n) is 4.59. The molecule has 0 aliphatic heterocycles. The number of hydrogen-bond donors (Lipinski definition) is 1. The predicted molar refractivity (Wildman–Crippen MR) is 79.5 cm³/mol. The standard InChI is InChI=1S/C17H24N2O3/c18-11-17(5-1-2-6-17)19-15(20)10-22-16(21)9-14-8-12-3-4-13(14)7-12/h12-14H,1-10H2,(H,19,20)/t12-,13+,14-/m0/s1. The third-order valence-corrected chi connectivity index (χ3v) is 5.73. The van der Waals surface area contributed by atoms with Gasteiger partial charge in [-0.15, -0.1) is 0 Å². The molecule has 0 aromatic carbocycles. The van der Waals surface area contributed by atoms with Crippen molar-refractivity contribution in [2.24, 2.45) is 17.8 Å². The fourth-order valence-corrected chi connectivity index (χ4v) is 4.59. The average molecular weight is 304 g/mol. The summed E-state index contributed by atoms with van der Waals surface area (Å²) >= 11 is 0. The first kappa shape index (κ1) is 15.3. The predicted octanol–water partition coefficient (Wildman–Crippen LogP) is 2.31. The molecule has 0 aromatic rings. The van der Waals surface area contributed by atoms with Gasteiger partial charge in [-0.1, -0.05) is 6.42 Å². The third kappa shape index (κ3) is 3.26. The van der Waals surface area contributed by atoms with E-state index < -0.39 is 5.54 Å². The summed E-state index contributed by atoms with van der Waals surface area (Å²) in [5, 5.41) is 12.0. The Kier molecular flexibility index (Phi) is 4.37. The Balaban J connectivity index is 1.39. The summed E-state index contributed by atoms with van der Waals surface area (Å²) in [5.74, 6) is 1.32. The molecule has 1 amide bonds. The molecule has 5 heteroatoms. The fraction of sp³-hybridized carbons (Fsp3) is 0.824. The van der Waals surface area contributed by atoms with E-state index in [-0.39, 0.29) is 18.5 Å². The number of hydrogen-bond acceptors (Lipinski definition) is 4. The van der Waals surface area contributed by atoms with E-state index in [1.165, 1.54) is 19.3 Å². The Morgan fingerprint density at radius 2 is 2.00 bits per heavy atom. The smallest absolute Gasteiger partial charge is 0.306 e. The van der Waals surface area contributed by atoms with Crippen LogP contribution >= 0.6 is 0 Å². The molecule has 3 aliphatic carbocycles. The first-order valence-electron chi connectivity index (χ1n) is 8.48. The zero-order valence-corrected chi connectivity index (χ0v) is 13.0. The highest BCUT2D eigenvalue weighted by atomic mass is 16.5. The summed E-state index contributed by atoms with van der Waals surface area (Å²) in [5.41, 5.74) is -0.742. The largest absolute Gasteiger partial charge is 0.456 e. The first-order chi connectivity index (χ1) is 10.6. The maximum Gasteiger partial charge on any atom is 0.306 e. The van der Waals surface area contributed by atoms with Gasteiger partial charge in [-0.05, 0) is 62.7 Å². The van der Waals surface area contributed by atoms with E-state index >= 15 is 0 Å². The molecule has 3 fully saturated rings. The summed E-state index contributed by atoms with van der Waals surface area (Å²) in [7, 11) is 0. The maximum absolute atomic E-state index is 11.9. The van der Waals surface area contributed by atoms with E-state index in [1.54, 1.807) is 0 Å². The van der Waals surface area contributed by atoms with Crippen molar-refractivity contribution >= 4 is 11.9 Å². The molecule has 22 heavy (non-hydrogen) atoms. The highest BCUT2D eigenvalue weighted by molar-refractivity contribution is 5.81. The number of nitrogens with one attached hydrogen (secondary N) is 1. The van der Waals surface area contributed by atoms with Crippen LogP contribution in [0.15, 0.2) is 0 Å². The van der Waals surface area contributed by atoms with E-state index in [4.69, 9.17) is 4.74 Å². The van der Waals surface area contributed by atoms with Crippen LogP contribution in [0.2, 0.25) is 0 Å². The average Bonchev–Trinajstić information content (AvgIpc) is 3.22. The van der Waals surface area contributed by atoms with Gasteiger partial charge < -0.3 is 10.1 Å². The number of rotatable bonds is 5. The van der Waals surface area contributed by atoms with Gasteiger partial charge in [0.2, 0.25) is 0 Å². The minimum Gasteiger partial charge on any atom is -0.456 e. The lowest BCUT2D eigenvalue weighted by Crippen LogP contribution is -2.46. The number of esters is 1. The van der Waals surface area contributed by atoms with Crippen molar-refractivity contribution in [1.29, 1.82) is 5.26 Å². The van der Waals surface area contributed by atoms with E-state index in [2.05, 4.69) is 11.4 Å². The monoisotopic (exact) mass is 304 g/mol. The van der Waals surface area contributed by atoms with E-state index in [1.807, 2.05) is 0 Å². The summed E-state index contributed by atoms with van der Waals surface area (Å²) in [6.07, 6.45) is 8.70. The van der Waals surface area contributed by atoms with Crippen molar-refractivity contribution in [3.63, 3.8) is 0 Å². The van der Waals surface area contributed by atoms with Crippen LogP contribution in [0.1, 0.15) is 57.8 Å². The van der Waals surface area contributed by atoms with Gasteiger partial charge in [0.1, 0.15) is 5.54 Å². The van der Waals surface area contributed by atoms with Crippen LogP contribution < -0.4 is 5.32 Å². The molecule has 0 heterocycles. The molecule has 0 aromatic heterocycles. The van der Waals surface area contributed by atoms with Gasteiger partial charge in [-0.3, -0.25) is 9.59 Å².